The van der Waals surface area contributed by atoms with E-state index in [1.165, 1.54) is 12.8 Å². The number of rotatable bonds is 3. The topological polar surface area (TPSA) is 78.9 Å². The summed E-state index contributed by atoms with van der Waals surface area (Å²) in [5.74, 6) is 1.10. The fourth-order valence-electron chi connectivity index (χ4n) is 1.98. The van der Waals surface area contributed by atoms with Crippen LogP contribution in [0.25, 0.3) is 11.2 Å². The Morgan fingerprint density at radius 3 is 2.15 bits per heavy atom. The molecule has 1 aromatic carbocycles. The number of aromatic nitrogens is 4. The van der Waals surface area contributed by atoms with Gasteiger partial charge in [0.1, 0.15) is 11.3 Å². The number of nitrogens with two attached hydrogens (primary N) is 1. The van der Waals surface area contributed by atoms with Crippen molar-refractivity contribution >= 4 is 28.6 Å². The molecule has 0 saturated carbocycles. The molecule has 0 aliphatic rings. The van der Waals surface area contributed by atoms with Crippen LogP contribution >= 0.6 is 11.6 Å². The van der Waals surface area contributed by atoms with Gasteiger partial charge in [0.15, 0.2) is 11.5 Å². The molecule has 3 rings (SSSR count). The van der Waals surface area contributed by atoms with Gasteiger partial charge in [-0.15, -0.1) is 0 Å². The number of benzene rings is 1. The molecule has 0 aliphatic heterocycles. The minimum absolute atomic E-state index is 0.117. The molecular weight excluding hydrogens is 350 g/mol. The molecule has 0 atom stereocenters. The molecule has 0 radical (unpaired) electrons. The molecule has 3 aromatic rings. The van der Waals surface area contributed by atoms with Crippen LogP contribution in [-0.2, 0) is 6.54 Å². The lowest BCUT2D eigenvalue weighted by Crippen LogP contribution is -2.01. The molecule has 26 heavy (non-hydrogen) atoms. The number of nitrogens with zero attached hydrogens (tertiary/aromatic N) is 4. The molecule has 0 unspecified atom stereocenters. The first kappa shape index (κ1) is 21.7. The first-order valence-corrected chi connectivity index (χ1v) is 9.15. The summed E-state index contributed by atoms with van der Waals surface area (Å²) in [6, 6.07) is 7.78. The fourth-order valence-corrected chi connectivity index (χ4v) is 2.15. The predicted molar refractivity (Wildman–Crippen MR) is 109 cm³/mol. The van der Waals surface area contributed by atoms with Gasteiger partial charge in [0.2, 0.25) is 5.28 Å². The van der Waals surface area contributed by atoms with Gasteiger partial charge in [0, 0.05) is 0 Å². The maximum Gasteiger partial charge on any atom is 0.226 e. The highest BCUT2D eigenvalue weighted by Crippen LogP contribution is 2.20. The van der Waals surface area contributed by atoms with Gasteiger partial charge in [-0.25, -0.2) is 4.98 Å². The molecule has 2 heterocycles. The van der Waals surface area contributed by atoms with Crippen LogP contribution in [0, 0.1) is 0 Å². The molecule has 6 nitrogen and oxygen atoms in total. The van der Waals surface area contributed by atoms with Crippen molar-refractivity contribution in [1.29, 1.82) is 0 Å². The van der Waals surface area contributed by atoms with Crippen molar-refractivity contribution in [1.82, 2.24) is 19.5 Å². The van der Waals surface area contributed by atoms with Gasteiger partial charge in [-0.1, -0.05) is 52.7 Å². The Kier molecular flexibility index (Phi) is 9.44. The van der Waals surface area contributed by atoms with E-state index < -0.39 is 0 Å². The van der Waals surface area contributed by atoms with Crippen molar-refractivity contribution in [3.63, 3.8) is 0 Å². The smallest absolute Gasteiger partial charge is 0.226 e. The summed E-state index contributed by atoms with van der Waals surface area (Å²) in [4.78, 5) is 12.3. The quantitative estimate of drug-likeness (QED) is 0.653. The lowest BCUT2D eigenvalue weighted by molar-refractivity contribution is 0.414. The van der Waals surface area contributed by atoms with E-state index in [1.807, 2.05) is 28.8 Å². The summed E-state index contributed by atoms with van der Waals surface area (Å²) in [5.41, 5.74) is 8.05. The van der Waals surface area contributed by atoms with Gasteiger partial charge >= 0.3 is 0 Å². The van der Waals surface area contributed by atoms with E-state index in [9.17, 15) is 0 Å². The third-order valence-corrected chi connectivity index (χ3v) is 3.14. The standard InChI is InChI=1S/C13H12ClN5O.2C3H8/c1-20-9-4-2-8(3-5-9)6-19-7-16-10-11(15)17-13(14)18-12(10)19;2*1-3-2/h2-5,7H,6H2,1H3,(H2,15,17,18);2*3H2,1-2H3. The molecule has 0 saturated heterocycles. The molecule has 7 heteroatoms. The predicted octanol–water partition coefficient (Wildman–Crippen LogP) is 4.95. The Morgan fingerprint density at radius 2 is 1.62 bits per heavy atom. The average molecular weight is 378 g/mol. The van der Waals surface area contributed by atoms with Crippen LogP contribution in [0.3, 0.4) is 0 Å². The Morgan fingerprint density at radius 1 is 1.04 bits per heavy atom. The Hall–Kier alpha value is -2.34. The molecule has 0 bridgehead atoms. The third-order valence-electron chi connectivity index (χ3n) is 2.98. The van der Waals surface area contributed by atoms with E-state index in [1.54, 1.807) is 13.4 Å². The van der Waals surface area contributed by atoms with Crippen LogP contribution in [0.1, 0.15) is 46.1 Å². The Balaban J connectivity index is 0.000000499. The van der Waals surface area contributed by atoms with Crippen LogP contribution in [0.2, 0.25) is 5.28 Å². The van der Waals surface area contributed by atoms with E-state index in [0.29, 0.717) is 17.7 Å². The monoisotopic (exact) mass is 377 g/mol. The third kappa shape index (κ3) is 6.19. The summed E-state index contributed by atoms with van der Waals surface area (Å²) in [7, 11) is 1.64. The van der Waals surface area contributed by atoms with Crippen LogP contribution in [0.15, 0.2) is 30.6 Å². The van der Waals surface area contributed by atoms with Crippen LogP contribution in [-0.4, -0.2) is 26.6 Å². The van der Waals surface area contributed by atoms with E-state index in [0.717, 1.165) is 11.3 Å². The molecule has 0 fully saturated rings. The molecule has 2 aromatic heterocycles. The maximum atomic E-state index is 5.84. The van der Waals surface area contributed by atoms with Crippen molar-refractivity contribution in [2.75, 3.05) is 12.8 Å². The van der Waals surface area contributed by atoms with Gasteiger partial charge in [-0.05, 0) is 29.3 Å². The van der Waals surface area contributed by atoms with Crippen molar-refractivity contribution in [2.24, 2.45) is 0 Å². The number of methoxy groups -OCH3 is 1. The number of halogens is 1. The van der Waals surface area contributed by atoms with Crippen LogP contribution in [0.5, 0.6) is 5.75 Å². The number of anilines is 1. The molecule has 142 valence electrons. The molecule has 2 N–H and O–H groups in total. The van der Waals surface area contributed by atoms with E-state index in [-0.39, 0.29) is 11.1 Å². The zero-order chi connectivity index (χ0) is 19.5. The summed E-state index contributed by atoms with van der Waals surface area (Å²) in [6.45, 7) is 9.12. The molecule has 0 aliphatic carbocycles. The largest absolute Gasteiger partial charge is 0.497 e. The number of imidazole rings is 1. The summed E-state index contributed by atoms with van der Waals surface area (Å²) in [5, 5.41) is 0.117. The van der Waals surface area contributed by atoms with Crippen molar-refractivity contribution < 1.29 is 4.74 Å². The minimum Gasteiger partial charge on any atom is -0.497 e. The van der Waals surface area contributed by atoms with Gasteiger partial charge in [-0.3, -0.25) is 0 Å². The lowest BCUT2D eigenvalue weighted by atomic mass is 10.2. The first-order chi connectivity index (χ1) is 12.5. The van der Waals surface area contributed by atoms with Gasteiger partial charge < -0.3 is 15.0 Å². The van der Waals surface area contributed by atoms with E-state index in [4.69, 9.17) is 22.1 Å². The summed E-state index contributed by atoms with van der Waals surface area (Å²) >= 11 is 5.84. The second-order valence-corrected chi connectivity index (χ2v) is 6.02. The summed E-state index contributed by atoms with van der Waals surface area (Å²) < 4.78 is 7.01. The van der Waals surface area contributed by atoms with Crippen molar-refractivity contribution in [2.45, 2.75) is 47.1 Å². The normalized spacial score (nSPS) is 9.77. The van der Waals surface area contributed by atoms with Crippen molar-refractivity contribution in [3.8, 4) is 5.75 Å². The highest BCUT2D eigenvalue weighted by molar-refractivity contribution is 6.28. The van der Waals surface area contributed by atoms with Gasteiger partial charge in [0.25, 0.3) is 0 Å². The second-order valence-electron chi connectivity index (χ2n) is 5.68. The van der Waals surface area contributed by atoms with Gasteiger partial charge in [0.05, 0.1) is 20.0 Å². The number of fused-ring (bicyclic) bond motifs is 1. The Labute approximate surface area is 160 Å². The number of hydrogen-bond acceptors (Lipinski definition) is 5. The fraction of sp³-hybridized carbons (Fsp3) is 0.421. The zero-order valence-electron chi connectivity index (χ0n) is 16.2. The van der Waals surface area contributed by atoms with E-state index in [2.05, 4.69) is 42.6 Å². The number of ether oxygens (including phenoxy) is 1. The first-order valence-electron chi connectivity index (χ1n) is 8.77. The average Bonchev–Trinajstić information content (AvgIpc) is 3.00. The van der Waals surface area contributed by atoms with Crippen molar-refractivity contribution in [3.05, 3.63) is 41.4 Å². The van der Waals surface area contributed by atoms with Crippen LogP contribution < -0.4 is 10.5 Å². The SMILES string of the molecule is CCC.CCC.COc1ccc(Cn2cnc3c(N)nc(Cl)nc32)cc1. The van der Waals surface area contributed by atoms with E-state index >= 15 is 0 Å². The summed E-state index contributed by atoms with van der Waals surface area (Å²) in [6.07, 6.45) is 4.18. The zero-order valence-corrected chi connectivity index (χ0v) is 16.9. The molecule has 0 spiro atoms. The number of hydrogen-bond donors (Lipinski definition) is 1. The maximum absolute atomic E-state index is 5.84. The Bertz CT molecular complexity index is 784. The van der Waals surface area contributed by atoms with Gasteiger partial charge in [-0.2, -0.15) is 9.97 Å². The molecule has 0 amide bonds. The number of nitrogen functional groups attached to an aromatic ring is 1. The highest BCUT2D eigenvalue weighted by Gasteiger charge is 2.10. The minimum atomic E-state index is 0.117. The lowest BCUT2D eigenvalue weighted by Gasteiger charge is -2.05. The second kappa shape index (κ2) is 11.3. The van der Waals surface area contributed by atoms with Crippen LogP contribution in [0.4, 0.5) is 5.82 Å². The molecular formula is C19H28ClN5O. The highest BCUT2D eigenvalue weighted by atomic mass is 35.5.